The van der Waals surface area contributed by atoms with Crippen molar-refractivity contribution in [2.24, 2.45) is 0 Å². The van der Waals surface area contributed by atoms with Gasteiger partial charge < -0.3 is 4.90 Å². The van der Waals surface area contributed by atoms with Gasteiger partial charge in [-0.05, 0) is 19.9 Å². The Morgan fingerprint density at radius 1 is 1.42 bits per heavy atom. The number of hydrogen-bond acceptors (Lipinski definition) is 1. The van der Waals surface area contributed by atoms with Crippen molar-refractivity contribution in [2.75, 3.05) is 18.0 Å². The molecular formula is C10H13FN. The molecule has 0 saturated carbocycles. The van der Waals surface area contributed by atoms with Crippen LogP contribution in [0, 0.1) is 11.9 Å². The molecule has 2 heteroatoms. The van der Waals surface area contributed by atoms with Crippen LogP contribution in [0.25, 0.3) is 0 Å². The van der Waals surface area contributed by atoms with Gasteiger partial charge in [-0.2, -0.15) is 0 Å². The number of benzene rings is 1. The van der Waals surface area contributed by atoms with Gasteiger partial charge in [-0.25, -0.2) is 4.39 Å². The summed E-state index contributed by atoms with van der Waals surface area (Å²) in [6.07, 6.45) is 0. The first-order valence-electron chi connectivity index (χ1n) is 4.20. The van der Waals surface area contributed by atoms with E-state index in [2.05, 4.69) is 6.07 Å². The van der Waals surface area contributed by atoms with E-state index in [1.54, 1.807) is 12.1 Å². The molecule has 0 amide bonds. The van der Waals surface area contributed by atoms with Crippen LogP contribution in [0.2, 0.25) is 0 Å². The van der Waals surface area contributed by atoms with Crippen molar-refractivity contribution in [2.45, 2.75) is 13.8 Å². The van der Waals surface area contributed by atoms with E-state index in [0.29, 0.717) is 5.69 Å². The standard InChI is InChI=1S/C10H13FN/c1-3-12(4-2)10-8-6-5-7-9(10)11/h5-7H,3-4H2,1-2H3. The van der Waals surface area contributed by atoms with Crippen LogP contribution >= 0.6 is 0 Å². The molecule has 0 spiro atoms. The van der Waals surface area contributed by atoms with Gasteiger partial charge in [0.15, 0.2) is 0 Å². The molecule has 0 aliphatic rings. The monoisotopic (exact) mass is 166 g/mol. The van der Waals surface area contributed by atoms with Crippen LogP contribution in [0.4, 0.5) is 10.1 Å². The van der Waals surface area contributed by atoms with Gasteiger partial charge in [0.2, 0.25) is 0 Å². The average molecular weight is 166 g/mol. The summed E-state index contributed by atoms with van der Waals surface area (Å²) in [6.45, 7) is 5.63. The maximum Gasteiger partial charge on any atom is 0.147 e. The summed E-state index contributed by atoms with van der Waals surface area (Å²) in [4.78, 5) is 1.94. The molecule has 0 aliphatic heterocycles. The molecular weight excluding hydrogens is 153 g/mol. The number of halogens is 1. The lowest BCUT2D eigenvalue weighted by molar-refractivity contribution is 0.619. The third kappa shape index (κ3) is 1.76. The van der Waals surface area contributed by atoms with Gasteiger partial charge >= 0.3 is 0 Å². The van der Waals surface area contributed by atoms with Crippen LogP contribution < -0.4 is 4.90 Å². The lowest BCUT2D eigenvalue weighted by atomic mass is 10.2. The molecule has 0 aliphatic carbocycles. The number of hydrogen-bond donors (Lipinski definition) is 0. The minimum atomic E-state index is -0.193. The second-order valence-electron chi connectivity index (χ2n) is 2.54. The molecule has 0 unspecified atom stereocenters. The van der Waals surface area contributed by atoms with Gasteiger partial charge in [-0.1, -0.05) is 12.1 Å². The van der Waals surface area contributed by atoms with E-state index in [1.165, 1.54) is 6.07 Å². The first-order chi connectivity index (χ1) is 5.79. The highest BCUT2D eigenvalue weighted by Crippen LogP contribution is 2.16. The highest BCUT2D eigenvalue weighted by molar-refractivity contribution is 5.45. The summed E-state index contributed by atoms with van der Waals surface area (Å²) in [5.74, 6) is -0.193. The fourth-order valence-electron chi connectivity index (χ4n) is 1.19. The Morgan fingerprint density at radius 3 is 2.58 bits per heavy atom. The molecule has 1 aromatic rings. The van der Waals surface area contributed by atoms with Crippen LogP contribution in [-0.2, 0) is 0 Å². The van der Waals surface area contributed by atoms with Crippen molar-refractivity contribution in [3.05, 3.63) is 30.1 Å². The molecule has 0 N–H and O–H groups in total. The van der Waals surface area contributed by atoms with E-state index < -0.39 is 0 Å². The van der Waals surface area contributed by atoms with E-state index in [0.717, 1.165) is 13.1 Å². The topological polar surface area (TPSA) is 3.24 Å². The summed E-state index contributed by atoms with van der Waals surface area (Å²) in [6, 6.07) is 7.74. The summed E-state index contributed by atoms with van der Waals surface area (Å²) >= 11 is 0. The summed E-state index contributed by atoms with van der Waals surface area (Å²) in [5, 5.41) is 0. The molecule has 0 saturated heterocycles. The van der Waals surface area contributed by atoms with Gasteiger partial charge in [-0.15, -0.1) is 0 Å². The largest absolute Gasteiger partial charge is 0.369 e. The first kappa shape index (κ1) is 9.04. The molecule has 1 aromatic carbocycles. The highest BCUT2D eigenvalue weighted by Gasteiger charge is 2.06. The Kier molecular flexibility index (Phi) is 3.09. The number of para-hydroxylation sites is 1. The van der Waals surface area contributed by atoms with Gasteiger partial charge in [-0.3, -0.25) is 0 Å². The van der Waals surface area contributed by atoms with Crippen LogP contribution in [0.3, 0.4) is 0 Å². The number of rotatable bonds is 3. The van der Waals surface area contributed by atoms with Crippen LogP contribution in [0.15, 0.2) is 18.2 Å². The Labute approximate surface area is 72.8 Å². The minimum absolute atomic E-state index is 0.193. The number of nitrogens with zero attached hydrogens (tertiary/aromatic N) is 1. The molecule has 1 rings (SSSR count). The quantitative estimate of drug-likeness (QED) is 0.666. The van der Waals surface area contributed by atoms with Crippen molar-refractivity contribution >= 4 is 5.69 Å². The van der Waals surface area contributed by atoms with E-state index in [1.807, 2.05) is 18.7 Å². The van der Waals surface area contributed by atoms with Crippen molar-refractivity contribution in [1.82, 2.24) is 0 Å². The van der Waals surface area contributed by atoms with Crippen LogP contribution in [0.5, 0.6) is 0 Å². The van der Waals surface area contributed by atoms with Crippen molar-refractivity contribution < 1.29 is 4.39 Å². The molecule has 1 nitrogen and oxygen atoms in total. The van der Waals surface area contributed by atoms with Crippen LogP contribution in [0.1, 0.15) is 13.8 Å². The second-order valence-corrected chi connectivity index (χ2v) is 2.54. The smallest absolute Gasteiger partial charge is 0.147 e. The van der Waals surface area contributed by atoms with Crippen LogP contribution in [-0.4, -0.2) is 13.1 Å². The van der Waals surface area contributed by atoms with Gasteiger partial charge in [0.05, 0.1) is 5.69 Å². The SMILES string of the molecule is CCN(CC)c1[c]cccc1F. The van der Waals surface area contributed by atoms with E-state index in [-0.39, 0.29) is 5.82 Å². The third-order valence-corrected chi connectivity index (χ3v) is 1.86. The molecule has 0 aromatic heterocycles. The molecule has 65 valence electrons. The molecule has 1 radical (unpaired) electrons. The third-order valence-electron chi connectivity index (χ3n) is 1.86. The maximum absolute atomic E-state index is 13.1. The molecule has 0 atom stereocenters. The van der Waals surface area contributed by atoms with Gasteiger partial charge in [0.1, 0.15) is 5.82 Å². The predicted molar refractivity (Wildman–Crippen MR) is 48.8 cm³/mol. The molecule has 12 heavy (non-hydrogen) atoms. The molecule has 0 heterocycles. The molecule has 0 fully saturated rings. The fourth-order valence-corrected chi connectivity index (χ4v) is 1.19. The summed E-state index contributed by atoms with van der Waals surface area (Å²) in [5.41, 5.74) is 0.572. The lowest BCUT2D eigenvalue weighted by Crippen LogP contribution is -2.22. The Bertz CT molecular complexity index is 243. The Balaban J connectivity index is 2.92. The van der Waals surface area contributed by atoms with Gasteiger partial charge in [0, 0.05) is 19.2 Å². The second kappa shape index (κ2) is 4.10. The zero-order chi connectivity index (χ0) is 8.97. The van der Waals surface area contributed by atoms with E-state index >= 15 is 0 Å². The van der Waals surface area contributed by atoms with E-state index in [4.69, 9.17) is 0 Å². The van der Waals surface area contributed by atoms with E-state index in [9.17, 15) is 4.39 Å². The minimum Gasteiger partial charge on any atom is -0.369 e. The summed E-state index contributed by atoms with van der Waals surface area (Å²) < 4.78 is 13.1. The Hall–Kier alpha value is -1.05. The predicted octanol–water partition coefficient (Wildman–Crippen LogP) is 2.47. The van der Waals surface area contributed by atoms with Crippen molar-refractivity contribution in [3.8, 4) is 0 Å². The fraction of sp³-hybridized carbons (Fsp3) is 0.400. The summed E-state index contributed by atoms with van der Waals surface area (Å²) in [7, 11) is 0. The lowest BCUT2D eigenvalue weighted by Gasteiger charge is -2.20. The first-order valence-corrected chi connectivity index (χ1v) is 4.20. The normalized spacial score (nSPS) is 9.92. The number of anilines is 1. The Morgan fingerprint density at radius 2 is 2.08 bits per heavy atom. The van der Waals surface area contributed by atoms with Crippen molar-refractivity contribution in [1.29, 1.82) is 0 Å². The zero-order valence-electron chi connectivity index (χ0n) is 7.47. The maximum atomic E-state index is 13.1. The molecule has 0 bridgehead atoms. The highest BCUT2D eigenvalue weighted by atomic mass is 19.1. The van der Waals surface area contributed by atoms with Gasteiger partial charge in [0.25, 0.3) is 0 Å². The van der Waals surface area contributed by atoms with Crippen molar-refractivity contribution in [3.63, 3.8) is 0 Å². The zero-order valence-corrected chi connectivity index (χ0v) is 7.47. The average Bonchev–Trinajstić information content (AvgIpc) is 2.10.